The number of nitrogens with zero attached hydrogens (tertiary/aromatic N) is 8. The fourth-order valence-corrected chi connectivity index (χ4v) is 6.48. The first-order chi connectivity index (χ1) is 27.5. The molecule has 0 atom stereocenters. The Bertz CT molecular complexity index is 2370. The highest BCUT2D eigenvalue weighted by molar-refractivity contribution is 7.93. The summed E-state index contributed by atoms with van der Waals surface area (Å²) in [4.78, 5) is 15.4. The summed E-state index contributed by atoms with van der Waals surface area (Å²) in [5.74, 6) is -0.0498. The summed E-state index contributed by atoms with van der Waals surface area (Å²) in [6, 6.07) is 23.4. The molecular formula is C36H32N10O9S2. The lowest BCUT2D eigenvalue weighted by molar-refractivity contribution is 0.0751. The van der Waals surface area contributed by atoms with Crippen LogP contribution < -0.4 is 18.9 Å². The quantitative estimate of drug-likeness (QED) is 0.0528. The van der Waals surface area contributed by atoms with E-state index in [2.05, 4.69) is 49.8 Å². The Balaban J connectivity index is 0.927. The van der Waals surface area contributed by atoms with Crippen molar-refractivity contribution in [3.8, 4) is 23.0 Å². The number of phenolic OH excluding ortho intramolecular Hbond substituents is 2. The number of azo groups is 2. The molecule has 2 aromatic heterocycles. The fourth-order valence-electron chi connectivity index (χ4n) is 4.56. The van der Waals surface area contributed by atoms with E-state index in [0.29, 0.717) is 22.7 Å². The predicted octanol–water partition coefficient (Wildman–Crippen LogP) is 6.58. The number of aromatic hydroxyl groups is 2. The van der Waals surface area contributed by atoms with Crippen LogP contribution in [0.5, 0.6) is 23.0 Å². The molecule has 0 spiro atoms. The smallest absolute Gasteiger partial charge is 0.264 e. The largest absolute Gasteiger partial charge is 0.504 e. The number of nitrogens with one attached hydrogen (secondary N) is 2. The maximum Gasteiger partial charge on any atom is 0.264 e. The molecular weight excluding hydrogens is 781 g/mol. The standard InChI is InChI=1S/C36H32N10O9S2/c47-31-13-7-27(43-41-25-3-9-29(10-4-25)56(49,50)45-35-37-15-1-16-38-35)23-33(31)54-21-19-53-20-22-55-34-24-28(8-14-32(34)48)44-42-26-5-11-30(12-6-26)57(51,52)46-36-39-17-2-18-40-36/h1-18,23-24,47-48H,19-22H2,(H,37,38,45)(H,39,40,46). The maximum atomic E-state index is 12.6. The molecule has 4 N–H and O–H groups in total. The van der Waals surface area contributed by atoms with Gasteiger partial charge in [0, 0.05) is 36.9 Å². The molecule has 292 valence electrons. The first kappa shape index (κ1) is 39.6. The van der Waals surface area contributed by atoms with Gasteiger partial charge < -0.3 is 24.4 Å². The molecule has 0 fully saturated rings. The third kappa shape index (κ3) is 11.5. The summed E-state index contributed by atoms with van der Waals surface area (Å²) < 4.78 is 71.8. The van der Waals surface area contributed by atoms with E-state index in [-0.39, 0.29) is 71.1 Å². The summed E-state index contributed by atoms with van der Waals surface area (Å²) in [5, 5.41) is 37.0. The van der Waals surface area contributed by atoms with Crippen molar-refractivity contribution in [1.82, 2.24) is 19.9 Å². The molecule has 0 amide bonds. The summed E-state index contributed by atoms with van der Waals surface area (Å²) >= 11 is 0. The van der Waals surface area contributed by atoms with Crippen LogP contribution >= 0.6 is 0 Å². The van der Waals surface area contributed by atoms with E-state index in [9.17, 15) is 27.0 Å². The van der Waals surface area contributed by atoms with Crippen molar-refractivity contribution in [1.29, 1.82) is 0 Å². The first-order valence-corrected chi connectivity index (χ1v) is 19.6. The minimum Gasteiger partial charge on any atom is -0.504 e. The Morgan fingerprint density at radius 3 is 1.23 bits per heavy atom. The van der Waals surface area contributed by atoms with Gasteiger partial charge in [-0.05, 0) is 84.9 Å². The van der Waals surface area contributed by atoms with Crippen LogP contribution in [-0.4, -0.2) is 73.4 Å². The number of anilines is 2. The summed E-state index contributed by atoms with van der Waals surface area (Å²) in [5.41, 5.74) is 1.50. The van der Waals surface area contributed by atoms with Crippen LogP contribution in [-0.2, 0) is 24.8 Å². The predicted molar refractivity (Wildman–Crippen MR) is 205 cm³/mol. The Morgan fingerprint density at radius 1 is 0.491 bits per heavy atom. The van der Waals surface area contributed by atoms with Crippen LogP contribution in [0.25, 0.3) is 0 Å². The Morgan fingerprint density at radius 2 is 0.842 bits per heavy atom. The maximum absolute atomic E-state index is 12.6. The second-order valence-corrected chi connectivity index (χ2v) is 14.7. The summed E-state index contributed by atoms with van der Waals surface area (Å²) in [6.45, 7) is 0.452. The van der Waals surface area contributed by atoms with Crippen LogP contribution in [0.4, 0.5) is 34.6 Å². The van der Waals surface area contributed by atoms with E-state index < -0.39 is 20.0 Å². The van der Waals surface area contributed by atoms with Crippen molar-refractivity contribution < 1.29 is 41.3 Å². The second kappa shape index (κ2) is 18.5. The van der Waals surface area contributed by atoms with Gasteiger partial charge >= 0.3 is 0 Å². The number of hydrogen-bond acceptors (Lipinski definition) is 17. The molecule has 0 unspecified atom stereocenters. The van der Waals surface area contributed by atoms with Gasteiger partial charge in [0.25, 0.3) is 20.0 Å². The van der Waals surface area contributed by atoms with Crippen molar-refractivity contribution in [3.63, 3.8) is 0 Å². The zero-order valence-corrected chi connectivity index (χ0v) is 31.2. The zero-order chi connectivity index (χ0) is 40.1. The molecule has 0 saturated carbocycles. The van der Waals surface area contributed by atoms with E-state index >= 15 is 0 Å². The molecule has 6 rings (SSSR count). The highest BCUT2D eigenvalue weighted by atomic mass is 32.2. The van der Waals surface area contributed by atoms with Gasteiger partial charge in [0.05, 0.1) is 45.8 Å². The molecule has 0 aliphatic heterocycles. The molecule has 19 nitrogen and oxygen atoms in total. The van der Waals surface area contributed by atoms with Crippen LogP contribution in [0, 0.1) is 0 Å². The summed E-state index contributed by atoms with van der Waals surface area (Å²) in [6.07, 6.45) is 5.67. The SMILES string of the molecule is O=S(=O)(Nc1ncccn1)c1ccc(N=Nc2ccc(O)c(OCCOCCOc3cc(N=Nc4ccc(S(=O)(=O)Nc5ncccn5)cc4)ccc3O)c2)cc1. The summed E-state index contributed by atoms with van der Waals surface area (Å²) in [7, 11) is -7.80. The molecule has 4 aromatic carbocycles. The molecule has 0 aliphatic rings. The van der Waals surface area contributed by atoms with Gasteiger partial charge in [0.15, 0.2) is 23.0 Å². The number of rotatable bonds is 18. The van der Waals surface area contributed by atoms with E-state index in [4.69, 9.17) is 14.2 Å². The van der Waals surface area contributed by atoms with Gasteiger partial charge in [-0.15, -0.1) is 0 Å². The van der Waals surface area contributed by atoms with Gasteiger partial charge in [-0.3, -0.25) is 0 Å². The fraction of sp³-hybridized carbons (Fsp3) is 0.111. The topological polar surface area (TPSA) is 261 Å². The zero-order valence-electron chi connectivity index (χ0n) is 29.5. The number of aromatic nitrogens is 4. The molecule has 0 radical (unpaired) electrons. The van der Waals surface area contributed by atoms with E-state index in [1.54, 1.807) is 12.1 Å². The van der Waals surface area contributed by atoms with Crippen molar-refractivity contribution in [3.05, 3.63) is 122 Å². The van der Waals surface area contributed by atoms with E-state index in [1.165, 1.54) is 110 Å². The lowest BCUT2D eigenvalue weighted by Crippen LogP contribution is -2.14. The molecule has 0 aliphatic carbocycles. The monoisotopic (exact) mass is 812 g/mol. The Kier molecular flexibility index (Phi) is 12.8. The number of hydrogen-bond donors (Lipinski definition) is 4. The third-order valence-electron chi connectivity index (χ3n) is 7.30. The van der Waals surface area contributed by atoms with E-state index in [1.807, 2.05) is 0 Å². The molecule has 6 aromatic rings. The Labute approximate surface area is 325 Å². The van der Waals surface area contributed by atoms with E-state index in [0.717, 1.165) is 0 Å². The van der Waals surface area contributed by atoms with Crippen LogP contribution in [0.15, 0.2) is 152 Å². The number of phenols is 2. The normalized spacial score (nSPS) is 11.8. The minimum absolute atomic E-state index is 0.0118. The number of benzene rings is 4. The average molecular weight is 813 g/mol. The van der Waals surface area contributed by atoms with Crippen molar-refractivity contribution >= 4 is 54.7 Å². The highest BCUT2D eigenvalue weighted by Crippen LogP contribution is 2.33. The first-order valence-electron chi connectivity index (χ1n) is 16.7. The number of ether oxygens (including phenoxy) is 3. The number of sulfonamides is 2. The molecule has 0 bridgehead atoms. The Hall–Kier alpha value is -7.10. The minimum atomic E-state index is -3.90. The molecule has 21 heteroatoms. The lowest BCUT2D eigenvalue weighted by Gasteiger charge is -2.11. The van der Waals surface area contributed by atoms with Gasteiger partial charge in [0.1, 0.15) is 13.2 Å². The van der Waals surface area contributed by atoms with Crippen LogP contribution in [0.1, 0.15) is 0 Å². The van der Waals surface area contributed by atoms with Gasteiger partial charge in [-0.1, -0.05) is 0 Å². The highest BCUT2D eigenvalue weighted by Gasteiger charge is 2.16. The van der Waals surface area contributed by atoms with Crippen molar-refractivity contribution in [2.75, 3.05) is 35.9 Å². The van der Waals surface area contributed by atoms with Crippen molar-refractivity contribution in [2.24, 2.45) is 20.5 Å². The van der Waals surface area contributed by atoms with Gasteiger partial charge in [-0.2, -0.15) is 20.5 Å². The second-order valence-electron chi connectivity index (χ2n) is 11.4. The molecule has 2 heterocycles. The average Bonchev–Trinajstić information content (AvgIpc) is 3.21. The third-order valence-corrected chi connectivity index (χ3v) is 9.98. The van der Waals surface area contributed by atoms with Gasteiger partial charge in [0.2, 0.25) is 11.9 Å². The van der Waals surface area contributed by atoms with Crippen LogP contribution in [0.2, 0.25) is 0 Å². The van der Waals surface area contributed by atoms with Gasteiger partial charge in [-0.25, -0.2) is 46.2 Å². The van der Waals surface area contributed by atoms with Crippen molar-refractivity contribution in [2.45, 2.75) is 9.79 Å². The molecule has 57 heavy (non-hydrogen) atoms. The lowest BCUT2D eigenvalue weighted by atomic mass is 10.3. The van der Waals surface area contributed by atoms with Crippen LogP contribution in [0.3, 0.4) is 0 Å². The molecule has 0 saturated heterocycles.